The molecule has 1 aliphatic heterocycles. The van der Waals surface area contributed by atoms with Crippen LogP contribution in [0, 0.1) is 11.3 Å². The van der Waals surface area contributed by atoms with Crippen molar-refractivity contribution in [2.24, 2.45) is 0 Å². The van der Waals surface area contributed by atoms with Gasteiger partial charge in [0, 0.05) is 18.3 Å². The molecule has 0 radical (unpaired) electrons. The molecule has 2 atom stereocenters. The van der Waals surface area contributed by atoms with Crippen LogP contribution in [-0.2, 0) is 6.42 Å². The van der Waals surface area contributed by atoms with Crippen molar-refractivity contribution in [3.63, 3.8) is 0 Å². The molecule has 1 N–H and O–H groups in total. The van der Waals surface area contributed by atoms with E-state index in [0.29, 0.717) is 6.04 Å². The van der Waals surface area contributed by atoms with Crippen molar-refractivity contribution in [3.8, 4) is 6.07 Å². The van der Waals surface area contributed by atoms with Gasteiger partial charge in [0.2, 0.25) is 0 Å². The van der Waals surface area contributed by atoms with E-state index in [-0.39, 0.29) is 6.04 Å². The van der Waals surface area contributed by atoms with E-state index in [9.17, 15) is 0 Å². The van der Waals surface area contributed by atoms with Gasteiger partial charge in [0.25, 0.3) is 0 Å². The summed E-state index contributed by atoms with van der Waals surface area (Å²) in [6.07, 6.45) is 3.24. The van der Waals surface area contributed by atoms with E-state index >= 15 is 0 Å². The molecule has 0 spiro atoms. The van der Waals surface area contributed by atoms with Gasteiger partial charge in [0.1, 0.15) is 0 Å². The SMILES string of the molecule is CNC(C#N)CCN1c2ccccc2CCC1C. The van der Waals surface area contributed by atoms with Crippen LogP contribution in [0.2, 0.25) is 0 Å². The standard InChI is InChI=1S/C15H21N3/c1-12-7-8-13-5-3-4-6-15(13)18(12)10-9-14(11-16)17-2/h3-6,12,14,17H,7-10H2,1-2H3. The Bertz CT molecular complexity index is 436. The maximum atomic E-state index is 8.99. The molecule has 18 heavy (non-hydrogen) atoms. The number of hydrogen-bond acceptors (Lipinski definition) is 3. The second kappa shape index (κ2) is 5.88. The van der Waals surface area contributed by atoms with Gasteiger partial charge in [-0.25, -0.2) is 0 Å². The van der Waals surface area contributed by atoms with Gasteiger partial charge in [-0.1, -0.05) is 18.2 Å². The number of hydrogen-bond donors (Lipinski definition) is 1. The Morgan fingerprint density at radius 2 is 2.28 bits per heavy atom. The lowest BCUT2D eigenvalue weighted by Crippen LogP contribution is -2.40. The number of nitrogens with one attached hydrogen (secondary N) is 1. The van der Waals surface area contributed by atoms with E-state index in [2.05, 4.69) is 47.5 Å². The quantitative estimate of drug-likeness (QED) is 0.882. The van der Waals surface area contributed by atoms with E-state index in [1.165, 1.54) is 24.1 Å². The summed E-state index contributed by atoms with van der Waals surface area (Å²) in [4.78, 5) is 2.44. The van der Waals surface area contributed by atoms with Crippen molar-refractivity contribution in [1.29, 1.82) is 5.26 Å². The smallest absolute Gasteiger partial charge is 0.0967 e. The molecular weight excluding hydrogens is 222 g/mol. The fourth-order valence-corrected chi connectivity index (χ4v) is 2.64. The Labute approximate surface area is 109 Å². The summed E-state index contributed by atoms with van der Waals surface area (Å²) in [6.45, 7) is 3.22. The monoisotopic (exact) mass is 243 g/mol. The van der Waals surface area contributed by atoms with E-state index < -0.39 is 0 Å². The highest BCUT2D eigenvalue weighted by atomic mass is 15.2. The first-order valence-electron chi connectivity index (χ1n) is 6.67. The van der Waals surface area contributed by atoms with Crippen molar-refractivity contribution in [2.75, 3.05) is 18.5 Å². The average Bonchev–Trinajstić information content (AvgIpc) is 2.42. The molecule has 0 aliphatic carbocycles. The van der Waals surface area contributed by atoms with Gasteiger partial charge in [0.05, 0.1) is 12.1 Å². The molecule has 1 heterocycles. The van der Waals surface area contributed by atoms with Crippen LogP contribution in [0.5, 0.6) is 0 Å². The molecule has 96 valence electrons. The fourth-order valence-electron chi connectivity index (χ4n) is 2.64. The molecule has 2 unspecified atom stereocenters. The number of para-hydroxylation sites is 1. The summed E-state index contributed by atoms with van der Waals surface area (Å²) in [7, 11) is 1.85. The predicted octanol–water partition coefficient (Wildman–Crippen LogP) is 2.33. The molecule has 1 aliphatic rings. The number of anilines is 1. The molecule has 0 bridgehead atoms. The summed E-state index contributed by atoms with van der Waals surface area (Å²) in [6, 6.07) is 11.4. The number of nitriles is 1. The van der Waals surface area contributed by atoms with Gasteiger partial charge in [0.15, 0.2) is 0 Å². The molecule has 0 amide bonds. The highest BCUT2D eigenvalue weighted by Crippen LogP contribution is 2.30. The van der Waals surface area contributed by atoms with Crippen molar-refractivity contribution >= 4 is 5.69 Å². The maximum absolute atomic E-state index is 8.99. The molecule has 0 saturated carbocycles. The minimum atomic E-state index is -0.0497. The van der Waals surface area contributed by atoms with Crippen molar-refractivity contribution in [3.05, 3.63) is 29.8 Å². The summed E-state index contributed by atoms with van der Waals surface area (Å²) >= 11 is 0. The van der Waals surface area contributed by atoms with Crippen LogP contribution in [-0.4, -0.2) is 25.7 Å². The lowest BCUT2D eigenvalue weighted by Gasteiger charge is -2.37. The van der Waals surface area contributed by atoms with Crippen LogP contribution in [0.25, 0.3) is 0 Å². The van der Waals surface area contributed by atoms with Crippen LogP contribution < -0.4 is 10.2 Å². The Balaban J connectivity index is 2.10. The fraction of sp³-hybridized carbons (Fsp3) is 0.533. The second-order valence-corrected chi connectivity index (χ2v) is 4.97. The minimum absolute atomic E-state index is 0.0497. The van der Waals surface area contributed by atoms with Gasteiger partial charge in [-0.15, -0.1) is 0 Å². The molecule has 1 aromatic rings. The summed E-state index contributed by atoms with van der Waals surface area (Å²) in [5, 5.41) is 12.0. The van der Waals surface area contributed by atoms with Crippen LogP contribution >= 0.6 is 0 Å². The van der Waals surface area contributed by atoms with Gasteiger partial charge >= 0.3 is 0 Å². The Morgan fingerprint density at radius 1 is 1.50 bits per heavy atom. The molecular formula is C15H21N3. The lowest BCUT2D eigenvalue weighted by atomic mass is 9.96. The first-order chi connectivity index (χ1) is 8.76. The van der Waals surface area contributed by atoms with Crippen molar-refractivity contribution < 1.29 is 0 Å². The van der Waals surface area contributed by atoms with E-state index in [1.54, 1.807) is 0 Å². The highest BCUT2D eigenvalue weighted by molar-refractivity contribution is 5.56. The van der Waals surface area contributed by atoms with Crippen LogP contribution in [0.15, 0.2) is 24.3 Å². The molecule has 0 aromatic heterocycles. The number of rotatable bonds is 4. The van der Waals surface area contributed by atoms with E-state index in [1.807, 2.05) is 7.05 Å². The third-order valence-electron chi connectivity index (χ3n) is 3.83. The largest absolute Gasteiger partial charge is 0.368 e. The number of aryl methyl sites for hydroxylation is 1. The maximum Gasteiger partial charge on any atom is 0.0967 e. The first-order valence-corrected chi connectivity index (χ1v) is 6.67. The van der Waals surface area contributed by atoms with Crippen LogP contribution in [0.1, 0.15) is 25.3 Å². The lowest BCUT2D eigenvalue weighted by molar-refractivity contribution is 0.527. The van der Waals surface area contributed by atoms with Crippen LogP contribution in [0.3, 0.4) is 0 Å². The molecule has 2 rings (SSSR count). The number of nitrogens with zero attached hydrogens (tertiary/aromatic N) is 2. The summed E-state index contributed by atoms with van der Waals surface area (Å²) in [5.41, 5.74) is 2.79. The molecule has 3 nitrogen and oxygen atoms in total. The Hall–Kier alpha value is -1.53. The average molecular weight is 243 g/mol. The molecule has 1 aromatic carbocycles. The summed E-state index contributed by atoms with van der Waals surface area (Å²) in [5.74, 6) is 0. The van der Waals surface area contributed by atoms with Crippen molar-refractivity contribution in [2.45, 2.75) is 38.3 Å². The number of benzene rings is 1. The van der Waals surface area contributed by atoms with Crippen LogP contribution in [0.4, 0.5) is 5.69 Å². The predicted molar refractivity (Wildman–Crippen MR) is 74.6 cm³/mol. The zero-order valence-corrected chi connectivity index (χ0v) is 11.2. The molecule has 3 heteroatoms. The van der Waals surface area contributed by atoms with E-state index in [4.69, 9.17) is 5.26 Å². The zero-order valence-electron chi connectivity index (χ0n) is 11.2. The second-order valence-electron chi connectivity index (χ2n) is 4.97. The van der Waals surface area contributed by atoms with E-state index in [0.717, 1.165) is 13.0 Å². The third-order valence-corrected chi connectivity index (χ3v) is 3.83. The van der Waals surface area contributed by atoms with Crippen molar-refractivity contribution in [1.82, 2.24) is 5.32 Å². The van der Waals surface area contributed by atoms with Gasteiger partial charge in [-0.3, -0.25) is 0 Å². The highest BCUT2D eigenvalue weighted by Gasteiger charge is 2.22. The van der Waals surface area contributed by atoms with Gasteiger partial charge in [-0.05, 0) is 44.9 Å². The Morgan fingerprint density at radius 3 is 3.00 bits per heavy atom. The topological polar surface area (TPSA) is 39.1 Å². The molecule has 0 fully saturated rings. The summed E-state index contributed by atoms with van der Waals surface area (Å²) < 4.78 is 0. The Kier molecular flexibility index (Phi) is 4.22. The van der Waals surface area contributed by atoms with Gasteiger partial charge in [-0.2, -0.15) is 5.26 Å². The minimum Gasteiger partial charge on any atom is -0.368 e. The normalized spacial score (nSPS) is 20.1. The van der Waals surface area contributed by atoms with Gasteiger partial charge < -0.3 is 10.2 Å². The number of fused-ring (bicyclic) bond motifs is 1. The first kappa shape index (κ1) is 12.9. The zero-order chi connectivity index (χ0) is 13.0. The third kappa shape index (κ3) is 2.65. The molecule has 0 saturated heterocycles.